The van der Waals surface area contributed by atoms with E-state index in [1.165, 1.54) is 18.9 Å². The van der Waals surface area contributed by atoms with Crippen LogP contribution in [0.15, 0.2) is 23.1 Å². The predicted octanol–water partition coefficient (Wildman–Crippen LogP) is 3.91. The molecule has 0 bridgehead atoms. The third-order valence-corrected chi connectivity index (χ3v) is 4.51. The van der Waals surface area contributed by atoms with Crippen molar-refractivity contribution in [3.05, 3.63) is 29.6 Å². The standard InChI is InChI=1S/C13H17FOS/c1-9(15)11-7-4-8-12(14)13(11)16-10-5-2-3-6-10/h4,7-10,15H,2-3,5-6H2,1H3. The van der Waals surface area contributed by atoms with Crippen LogP contribution in [0.1, 0.15) is 44.3 Å². The van der Waals surface area contributed by atoms with Crippen molar-refractivity contribution in [3.8, 4) is 0 Å². The first-order chi connectivity index (χ1) is 7.68. The Balaban J connectivity index is 2.23. The number of hydrogen-bond acceptors (Lipinski definition) is 2. The van der Waals surface area contributed by atoms with Gasteiger partial charge in [0.1, 0.15) is 5.82 Å². The van der Waals surface area contributed by atoms with E-state index in [0.717, 1.165) is 18.4 Å². The minimum absolute atomic E-state index is 0.199. The van der Waals surface area contributed by atoms with Gasteiger partial charge in [-0.3, -0.25) is 0 Å². The molecule has 1 saturated carbocycles. The van der Waals surface area contributed by atoms with Crippen molar-refractivity contribution in [3.63, 3.8) is 0 Å². The average Bonchev–Trinajstić information content (AvgIpc) is 2.73. The smallest absolute Gasteiger partial charge is 0.137 e. The Morgan fingerprint density at radius 2 is 2.06 bits per heavy atom. The molecule has 16 heavy (non-hydrogen) atoms. The molecule has 1 nitrogen and oxygen atoms in total. The maximum absolute atomic E-state index is 13.7. The Bertz CT molecular complexity index is 359. The van der Waals surface area contributed by atoms with Crippen LogP contribution in [0.4, 0.5) is 4.39 Å². The molecular weight excluding hydrogens is 223 g/mol. The molecule has 0 radical (unpaired) electrons. The Hall–Kier alpha value is -0.540. The Labute approximate surface area is 100 Å². The lowest BCUT2D eigenvalue weighted by Crippen LogP contribution is -2.01. The normalized spacial score (nSPS) is 18.9. The zero-order chi connectivity index (χ0) is 11.5. The van der Waals surface area contributed by atoms with Gasteiger partial charge >= 0.3 is 0 Å². The van der Waals surface area contributed by atoms with Crippen molar-refractivity contribution >= 4 is 11.8 Å². The number of aliphatic hydroxyl groups excluding tert-OH is 1. The van der Waals surface area contributed by atoms with E-state index >= 15 is 0 Å². The Kier molecular flexibility index (Phi) is 3.87. The molecule has 1 fully saturated rings. The summed E-state index contributed by atoms with van der Waals surface area (Å²) in [6, 6.07) is 4.95. The lowest BCUT2D eigenvalue weighted by atomic mass is 10.1. The van der Waals surface area contributed by atoms with Crippen molar-refractivity contribution in [1.29, 1.82) is 0 Å². The summed E-state index contributed by atoms with van der Waals surface area (Å²) in [6.45, 7) is 1.69. The summed E-state index contributed by atoms with van der Waals surface area (Å²) in [4.78, 5) is 0.643. The minimum atomic E-state index is -0.598. The number of aliphatic hydroxyl groups is 1. The molecule has 0 saturated heterocycles. The molecule has 88 valence electrons. The van der Waals surface area contributed by atoms with Crippen LogP contribution in [0, 0.1) is 5.82 Å². The number of benzene rings is 1. The molecule has 1 aliphatic carbocycles. The van der Waals surface area contributed by atoms with Crippen molar-refractivity contribution in [2.75, 3.05) is 0 Å². The summed E-state index contributed by atoms with van der Waals surface area (Å²) in [5.74, 6) is -0.199. The predicted molar refractivity (Wildman–Crippen MR) is 65.1 cm³/mol. The number of thioether (sulfide) groups is 1. The van der Waals surface area contributed by atoms with Gasteiger partial charge in [-0.15, -0.1) is 11.8 Å². The SMILES string of the molecule is CC(O)c1cccc(F)c1SC1CCCC1. The lowest BCUT2D eigenvalue weighted by molar-refractivity contribution is 0.195. The number of rotatable bonds is 3. The van der Waals surface area contributed by atoms with Gasteiger partial charge in [0.25, 0.3) is 0 Å². The fourth-order valence-electron chi connectivity index (χ4n) is 2.15. The highest BCUT2D eigenvalue weighted by molar-refractivity contribution is 8.00. The molecule has 2 rings (SSSR count). The first-order valence-corrected chi connectivity index (χ1v) is 6.69. The first-order valence-electron chi connectivity index (χ1n) is 5.81. The second kappa shape index (κ2) is 5.19. The van der Waals surface area contributed by atoms with Gasteiger partial charge in [0, 0.05) is 10.1 Å². The Morgan fingerprint density at radius 3 is 2.69 bits per heavy atom. The van der Waals surface area contributed by atoms with E-state index in [9.17, 15) is 9.50 Å². The maximum Gasteiger partial charge on any atom is 0.137 e. The molecule has 0 spiro atoms. The van der Waals surface area contributed by atoms with Crippen molar-refractivity contribution in [2.24, 2.45) is 0 Å². The van der Waals surface area contributed by atoms with Crippen LogP contribution in [-0.4, -0.2) is 10.4 Å². The first kappa shape index (κ1) is 11.9. The molecule has 0 aliphatic heterocycles. The van der Waals surface area contributed by atoms with Gasteiger partial charge in [0.2, 0.25) is 0 Å². The van der Waals surface area contributed by atoms with E-state index in [4.69, 9.17) is 0 Å². The number of halogens is 1. The van der Waals surface area contributed by atoms with E-state index < -0.39 is 6.10 Å². The maximum atomic E-state index is 13.7. The van der Waals surface area contributed by atoms with Gasteiger partial charge in [-0.25, -0.2) is 4.39 Å². The highest BCUT2D eigenvalue weighted by Gasteiger charge is 2.21. The van der Waals surface area contributed by atoms with Crippen LogP contribution in [0.3, 0.4) is 0 Å². The fourth-order valence-corrected chi connectivity index (χ4v) is 3.61. The minimum Gasteiger partial charge on any atom is -0.389 e. The van der Waals surface area contributed by atoms with Crippen LogP contribution in [0.5, 0.6) is 0 Å². The van der Waals surface area contributed by atoms with Crippen LogP contribution in [0.25, 0.3) is 0 Å². The summed E-state index contributed by atoms with van der Waals surface area (Å²) in [6.07, 6.45) is 4.22. The summed E-state index contributed by atoms with van der Waals surface area (Å²) >= 11 is 1.60. The molecule has 0 heterocycles. The zero-order valence-electron chi connectivity index (χ0n) is 9.45. The molecule has 1 unspecified atom stereocenters. The van der Waals surface area contributed by atoms with Gasteiger partial charge in [0.15, 0.2) is 0 Å². The summed E-state index contributed by atoms with van der Waals surface area (Å²) < 4.78 is 13.7. The highest BCUT2D eigenvalue weighted by atomic mass is 32.2. The molecule has 0 aromatic heterocycles. The third kappa shape index (κ3) is 2.58. The molecular formula is C13H17FOS. The van der Waals surface area contributed by atoms with Gasteiger partial charge in [-0.2, -0.15) is 0 Å². The molecule has 1 aromatic carbocycles. The van der Waals surface area contributed by atoms with Gasteiger partial charge in [0.05, 0.1) is 6.10 Å². The quantitative estimate of drug-likeness (QED) is 0.864. The molecule has 1 N–H and O–H groups in total. The highest BCUT2D eigenvalue weighted by Crippen LogP contribution is 2.39. The van der Waals surface area contributed by atoms with Crippen LogP contribution >= 0.6 is 11.8 Å². The van der Waals surface area contributed by atoms with Crippen LogP contribution in [-0.2, 0) is 0 Å². The summed E-state index contributed by atoms with van der Waals surface area (Å²) in [5.41, 5.74) is 0.719. The molecule has 1 atom stereocenters. The van der Waals surface area contributed by atoms with E-state index in [0.29, 0.717) is 10.1 Å². The molecule has 1 aliphatic rings. The summed E-state index contributed by atoms with van der Waals surface area (Å²) in [7, 11) is 0. The average molecular weight is 240 g/mol. The largest absolute Gasteiger partial charge is 0.389 e. The molecule has 1 aromatic rings. The third-order valence-electron chi connectivity index (χ3n) is 3.03. The second-order valence-electron chi connectivity index (χ2n) is 4.36. The fraction of sp³-hybridized carbons (Fsp3) is 0.538. The van der Waals surface area contributed by atoms with E-state index in [1.54, 1.807) is 24.8 Å². The van der Waals surface area contributed by atoms with Crippen molar-refractivity contribution in [2.45, 2.75) is 48.9 Å². The van der Waals surface area contributed by atoms with E-state index in [1.807, 2.05) is 6.07 Å². The van der Waals surface area contributed by atoms with Gasteiger partial charge < -0.3 is 5.11 Å². The van der Waals surface area contributed by atoms with Crippen molar-refractivity contribution < 1.29 is 9.50 Å². The summed E-state index contributed by atoms with van der Waals surface area (Å²) in [5, 5.41) is 10.1. The number of hydrogen-bond donors (Lipinski definition) is 1. The topological polar surface area (TPSA) is 20.2 Å². The van der Waals surface area contributed by atoms with Gasteiger partial charge in [-0.05, 0) is 31.4 Å². The van der Waals surface area contributed by atoms with Crippen LogP contribution < -0.4 is 0 Å². The molecule has 3 heteroatoms. The monoisotopic (exact) mass is 240 g/mol. The second-order valence-corrected chi connectivity index (χ2v) is 5.67. The van der Waals surface area contributed by atoms with Crippen molar-refractivity contribution in [1.82, 2.24) is 0 Å². The lowest BCUT2D eigenvalue weighted by Gasteiger charge is -2.15. The van der Waals surface area contributed by atoms with Gasteiger partial charge in [-0.1, -0.05) is 25.0 Å². The Morgan fingerprint density at radius 1 is 1.38 bits per heavy atom. The zero-order valence-corrected chi connectivity index (χ0v) is 10.3. The van der Waals surface area contributed by atoms with E-state index in [2.05, 4.69) is 0 Å². The van der Waals surface area contributed by atoms with E-state index in [-0.39, 0.29) is 5.82 Å². The molecule has 0 amide bonds. The van der Waals surface area contributed by atoms with Crippen LogP contribution in [0.2, 0.25) is 0 Å².